The second kappa shape index (κ2) is 10.3. The molecule has 202 valence electrons. The van der Waals surface area contributed by atoms with Crippen molar-refractivity contribution in [2.24, 2.45) is 0 Å². The molecule has 0 N–H and O–H groups in total. The molecule has 8 rings (SSSR count). The lowest BCUT2D eigenvalue weighted by atomic mass is 9.67. The minimum absolute atomic E-state index is 0.0147. The molecule has 0 spiro atoms. The van der Waals surface area contributed by atoms with Crippen LogP contribution in [0.5, 0.6) is 0 Å². The maximum absolute atomic E-state index is 8.66. The Morgan fingerprint density at radius 3 is 1.44 bits per heavy atom. The third-order valence-corrected chi connectivity index (χ3v) is 7.80. The van der Waals surface area contributed by atoms with Crippen LogP contribution in [-0.2, 0) is 5.41 Å². The Kier molecular flexibility index (Phi) is 4.00. The molecule has 1 heterocycles. The maximum Gasteiger partial charge on any atom is 0.164 e. The highest BCUT2D eigenvalue weighted by Gasteiger charge is 2.46. The Morgan fingerprint density at radius 1 is 0.419 bits per heavy atom. The predicted octanol–water partition coefficient (Wildman–Crippen LogP) is 9.24. The van der Waals surface area contributed by atoms with Crippen LogP contribution >= 0.6 is 0 Å². The summed E-state index contributed by atoms with van der Waals surface area (Å²) in [5.41, 5.74) is 5.24. The summed E-state index contributed by atoms with van der Waals surface area (Å²) in [6.45, 7) is 0. The molecule has 6 aromatic carbocycles. The molecule has 0 bridgehead atoms. The van der Waals surface area contributed by atoms with Crippen molar-refractivity contribution in [3.05, 3.63) is 186 Å². The number of benzene rings is 6. The number of rotatable bonds is 5. The van der Waals surface area contributed by atoms with Gasteiger partial charge in [-0.1, -0.05) is 157 Å². The average Bonchev–Trinajstić information content (AvgIpc) is 3.49. The molecule has 43 heavy (non-hydrogen) atoms. The maximum atomic E-state index is 8.66. The molecule has 0 fully saturated rings. The predicted molar refractivity (Wildman–Crippen MR) is 173 cm³/mol. The van der Waals surface area contributed by atoms with E-state index in [1.165, 1.54) is 0 Å². The molecule has 0 saturated carbocycles. The third-order valence-electron chi connectivity index (χ3n) is 7.80. The standard InChI is InChI=1S/C40H27N3/c1-5-15-28(16-6-1)37-41-38(29-17-7-2-8-18-29)43-39(42-37)30-25-26-36-34(27-30)33-23-13-14-24-35(33)40(36,31-19-9-3-10-20-31)32-21-11-4-12-22-32/h1-27H/i1D,2D,5D,6D,7D,8D,15D,16D,17D,18D. The minimum atomic E-state index is -0.678. The average molecular weight is 560 g/mol. The first-order chi connectivity index (χ1) is 25.5. The van der Waals surface area contributed by atoms with Crippen molar-refractivity contribution in [1.82, 2.24) is 15.0 Å². The molecule has 0 aliphatic heterocycles. The molecule has 7 aromatic rings. The lowest BCUT2D eigenvalue weighted by Crippen LogP contribution is -2.28. The molecule has 0 unspecified atom stereocenters. The van der Waals surface area contributed by atoms with E-state index >= 15 is 0 Å². The minimum Gasteiger partial charge on any atom is -0.208 e. The van der Waals surface area contributed by atoms with Crippen LogP contribution in [0.25, 0.3) is 45.3 Å². The fourth-order valence-corrected chi connectivity index (χ4v) is 6.04. The highest BCUT2D eigenvalue weighted by Crippen LogP contribution is 2.56. The summed E-state index contributed by atoms with van der Waals surface area (Å²) in [4.78, 5) is 13.7. The van der Waals surface area contributed by atoms with E-state index in [9.17, 15) is 0 Å². The van der Waals surface area contributed by atoms with Gasteiger partial charge >= 0.3 is 0 Å². The van der Waals surface area contributed by atoms with Crippen molar-refractivity contribution >= 4 is 0 Å². The fraction of sp³-hybridized carbons (Fsp3) is 0.0250. The van der Waals surface area contributed by atoms with Crippen molar-refractivity contribution in [1.29, 1.82) is 0 Å². The van der Waals surface area contributed by atoms with Gasteiger partial charge in [0.15, 0.2) is 17.5 Å². The highest BCUT2D eigenvalue weighted by molar-refractivity contribution is 5.88. The van der Waals surface area contributed by atoms with Gasteiger partial charge in [-0.05, 0) is 39.4 Å². The van der Waals surface area contributed by atoms with Crippen LogP contribution in [-0.4, -0.2) is 15.0 Å². The number of fused-ring (bicyclic) bond motifs is 3. The van der Waals surface area contributed by atoms with Crippen LogP contribution in [0.3, 0.4) is 0 Å². The number of aromatic nitrogens is 3. The Bertz CT molecular complexity index is 2450. The van der Waals surface area contributed by atoms with E-state index in [4.69, 9.17) is 13.7 Å². The van der Waals surface area contributed by atoms with Gasteiger partial charge in [0.1, 0.15) is 0 Å². The molecule has 1 aliphatic rings. The molecule has 1 aliphatic carbocycles. The largest absolute Gasteiger partial charge is 0.208 e. The quantitative estimate of drug-likeness (QED) is 0.211. The molecule has 3 heteroatoms. The van der Waals surface area contributed by atoms with Crippen molar-refractivity contribution in [2.45, 2.75) is 5.41 Å². The number of hydrogen-bond acceptors (Lipinski definition) is 3. The molecular formula is C40H27N3. The SMILES string of the molecule is [2H]c1c([2H])c([2H])c(-c2nc(-c3ccc4c(c3)-c3ccccc3C4(c3ccccc3)c3ccccc3)nc(-c3c([2H])c([2H])c([2H])c([2H])c3[2H])n2)c([2H])c1[2H]. The monoisotopic (exact) mass is 559 g/mol. The number of nitrogens with zero attached hydrogens (tertiary/aromatic N) is 3. The normalized spacial score (nSPS) is 16.1. The van der Waals surface area contributed by atoms with Gasteiger partial charge in [-0.25, -0.2) is 15.0 Å². The summed E-state index contributed by atoms with van der Waals surface area (Å²) in [5, 5.41) is 0. The zero-order valence-electron chi connectivity index (χ0n) is 32.7. The van der Waals surface area contributed by atoms with Gasteiger partial charge < -0.3 is 0 Å². The first-order valence-corrected chi connectivity index (χ1v) is 13.7. The fourth-order valence-electron chi connectivity index (χ4n) is 6.04. The van der Waals surface area contributed by atoms with Crippen molar-refractivity contribution in [2.75, 3.05) is 0 Å². The summed E-state index contributed by atoms with van der Waals surface area (Å²) in [7, 11) is 0. The van der Waals surface area contributed by atoms with Crippen LogP contribution in [0, 0.1) is 0 Å². The Morgan fingerprint density at radius 2 is 0.884 bits per heavy atom. The van der Waals surface area contributed by atoms with Gasteiger partial charge in [0, 0.05) is 16.7 Å². The second-order valence-corrected chi connectivity index (χ2v) is 10.1. The summed E-state index contributed by atoms with van der Waals surface area (Å²) in [5.74, 6) is -0.601. The summed E-state index contributed by atoms with van der Waals surface area (Å²) < 4.78 is 84.0. The van der Waals surface area contributed by atoms with Gasteiger partial charge in [-0.15, -0.1) is 0 Å². The van der Waals surface area contributed by atoms with Gasteiger partial charge in [0.25, 0.3) is 0 Å². The molecule has 0 saturated heterocycles. The Labute approximate surface area is 265 Å². The van der Waals surface area contributed by atoms with E-state index in [2.05, 4.69) is 51.4 Å². The second-order valence-electron chi connectivity index (χ2n) is 10.1. The van der Waals surface area contributed by atoms with Crippen molar-refractivity contribution in [3.8, 4) is 45.3 Å². The van der Waals surface area contributed by atoms with Gasteiger partial charge in [-0.2, -0.15) is 0 Å². The molecule has 1 aromatic heterocycles. The molecule has 3 nitrogen and oxygen atoms in total. The Hall–Kier alpha value is -5.67. The zero-order chi connectivity index (χ0) is 37.3. The zero-order valence-corrected chi connectivity index (χ0v) is 22.7. The Balaban J connectivity index is 1.43. The van der Waals surface area contributed by atoms with Gasteiger partial charge in [0.2, 0.25) is 0 Å². The number of hydrogen-bond donors (Lipinski definition) is 0. The smallest absolute Gasteiger partial charge is 0.164 e. The summed E-state index contributed by atoms with van der Waals surface area (Å²) in [6, 6.07) is 28.6. The topological polar surface area (TPSA) is 38.7 Å². The van der Waals surface area contributed by atoms with E-state index < -0.39 is 65.8 Å². The van der Waals surface area contributed by atoms with E-state index in [1.807, 2.05) is 66.7 Å². The van der Waals surface area contributed by atoms with Crippen molar-refractivity contribution in [3.63, 3.8) is 0 Å². The summed E-state index contributed by atoms with van der Waals surface area (Å²) >= 11 is 0. The van der Waals surface area contributed by atoms with E-state index in [1.54, 1.807) is 0 Å². The lowest BCUT2D eigenvalue weighted by Gasteiger charge is -2.33. The highest BCUT2D eigenvalue weighted by atomic mass is 15.0. The van der Waals surface area contributed by atoms with Crippen LogP contribution in [0.4, 0.5) is 0 Å². The summed E-state index contributed by atoms with van der Waals surface area (Å²) in [6.07, 6.45) is 0. The first-order valence-electron chi connectivity index (χ1n) is 18.7. The van der Waals surface area contributed by atoms with Gasteiger partial charge in [0.05, 0.1) is 19.1 Å². The van der Waals surface area contributed by atoms with Crippen molar-refractivity contribution < 1.29 is 13.7 Å². The van der Waals surface area contributed by atoms with Gasteiger partial charge in [-0.3, -0.25) is 0 Å². The third kappa shape index (κ3) is 4.09. The molecule has 0 amide bonds. The van der Waals surface area contributed by atoms with E-state index in [0.717, 1.165) is 33.4 Å². The van der Waals surface area contributed by atoms with E-state index in [0.29, 0.717) is 5.56 Å². The molecular weight excluding hydrogens is 522 g/mol. The first kappa shape index (κ1) is 16.7. The van der Waals surface area contributed by atoms with Crippen LogP contribution < -0.4 is 0 Å². The molecule has 0 atom stereocenters. The van der Waals surface area contributed by atoms with E-state index in [-0.39, 0.29) is 28.6 Å². The van der Waals surface area contributed by atoms with Crippen LogP contribution in [0.15, 0.2) is 164 Å². The van der Waals surface area contributed by atoms with Crippen LogP contribution in [0.1, 0.15) is 36.0 Å². The molecule has 0 radical (unpaired) electrons. The van der Waals surface area contributed by atoms with Crippen LogP contribution in [0.2, 0.25) is 0 Å². The lowest BCUT2D eigenvalue weighted by molar-refractivity contribution is 0.768.